The van der Waals surface area contributed by atoms with Gasteiger partial charge in [0.25, 0.3) is 0 Å². The fraction of sp³-hybridized carbons (Fsp3) is 0.286. The molecule has 0 saturated carbocycles. The lowest BCUT2D eigenvalue weighted by Gasteiger charge is -2.11. The Morgan fingerprint density at radius 1 is 1.10 bits per heavy atom. The van der Waals surface area contributed by atoms with Gasteiger partial charge in [0.1, 0.15) is 5.75 Å². The third-order valence-corrected chi connectivity index (χ3v) is 4.44. The number of fused-ring (bicyclic) bond motifs is 1. The second-order valence-corrected chi connectivity index (χ2v) is 6.68. The van der Waals surface area contributed by atoms with Crippen LogP contribution < -0.4 is 15.4 Å². The van der Waals surface area contributed by atoms with E-state index in [0.717, 1.165) is 22.2 Å². The molecule has 2 aromatic carbocycles. The number of aryl methyl sites for hydroxylation is 1. The molecule has 5 nitrogen and oxygen atoms in total. The Kier molecular flexibility index (Phi) is 6.31. The Morgan fingerprint density at radius 3 is 2.69 bits per heavy atom. The van der Waals surface area contributed by atoms with Crippen molar-refractivity contribution in [3.05, 3.63) is 65.4 Å². The number of benzene rings is 2. The lowest BCUT2D eigenvalue weighted by Crippen LogP contribution is -2.36. The molecule has 3 rings (SSSR count). The van der Waals surface area contributed by atoms with Crippen molar-refractivity contribution in [2.45, 2.75) is 26.1 Å². The van der Waals surface area contributed by atoms with E-state index in [9.17, 15) is 18.0 Å². The predicted octanol–water partition coefficient (Wildman–Crippen LogP) is 4.46. The van der Waals surface area contributed by atoms with Crippen molar-refractivity contribution in [3.8, 4) is 5.75 Å². The van der Waals surface area contributed by atoms with Gasteiger partial charge >= 0.3 is 12.2 Å². The van der Waals surface area contributed by atoms with E-state index in [2.05, 4.69) is 15.6 Å². The molecule has 0 atom stereocenters. The topological polar surface area (TPSA) is 66.2 Å². The van der Waals surface area contributed by atoms with Crippen molar-refractivity contribution >= 4 is 16.9 Å². The van der Waals surface area contributed by atoms with Crippen LogP contribution in [0.25, 0.3) is 10.9 Å². The van der Waals surface area contributed by atoms with Gasteiger partial charge in [0.05, 0.1) is 0 Å². The van der Waals surface area contributed by atoms with E-state index in [4.69, 9.17) is 4.74 Å². The quantitative estimate of drug-likeness (QED) is 0.543. The Labute approximate surface area is 166 Å². The van der Waals surface area contributed by atoms with Gasteiger partial charge in [-0.2, -0.15) is 13.2 Å². The Bertz CT molecular complexity index is 983. The van der Waals surface area contributed by atoms with Crippen molar-refractivity contribution in [2.75, 3.05) is 13.2 Å². The molecule has 3 aromatic rings. The molecule has 0 aliphatic rings. The fourth-order valence-corrected chi connectivity index (χ4v) is 3.11. The third-order valence-electron chi connectivity index (χ3n) is 4.44. The van der Waals surface area contributed by atoms with E-state index in [1.54, 1.807) is 12.1 Å². The number of aromatic nitrogens is 1. The molecule has 1 heterocycles. The van der Waals surface area contributed by atoms with E-state index >= 15 is 0 Å². The van der Waals surface area contributed by atoms with Crippen molar-refractivity contribution in [2.24, 2.45) is 0 Å². The maximum absolute atomic E-state index is 12.2. The van der Waals surface area contributed by atoms with E-state index in [1.807, 2.05) is 31.2 Å². The Morgan fingerprint density at radius 2 is 1.90 bits per heavy atom. The second-order valence-electron chi connectivity index (χ2n) is 6.68. The minimum absolute atomic E-state index is 0.108. The first-order valence-electron chi connectivity index (χ1n) is 9.18. The summed E-state index contributed by atoms with van der Waals surface area (Å²) in [6, 6.07) is 13.9. The van der Waals surface area contributed by atoms with E-state index in [0.29, 0.717) is 18.5 Å². The number of hydrogen-bond donors (Lipinski definition) is 3. The third kappa shape index (κ3) is 5.91. The number of amides is 2. The molecule has 8 heteroatoms. The molecule has 0 fully saturated rings. The van der Waals surface area contributed by atoms with Crippen LogP contribution >= 0.6 is 0 Å². The molecular formula is C21H22F3N3O2. The minimum Gasteiger partial charge on any atom is -0.484 e. The van der Waals surface area contributed by atoms with E-state index in [1.165, 1.54) is 12.1 Å². The standard InChI is InChI=1S/C21H22F3N3O2/c1-14-17(18-7-2-3-8-19(18)27-14)9-10-25-20(28)26-12-15-5-4-6-16(11-15)29-13-21(22,23)24/h2-8,11,27H,9-10,12-13H2,1H3,(H2,25,26,28). The SMILES string of the molecule is Cc1[nH]c2ccccc2c1CCNC(=O)NCc1cccc(OCC(F)(F)F)c1. The summed E-state index contributed by atoms with van der Waals surface area (Å²) >= 11 is 0. The van der Waals surface area contributed by atoms with Gasteiger partial charge in [-0.05, 0) is 42.7 Å². The number of carbonyl (C=O) groups excluding carboxylic acids is 1. The number of halogens is 3. The molecule has 1 aromatic heterocycles. The summed E-state index contributed by atoms with van der Waals surface area (Å²) in [4.78, 5) is 15.4. The zero-order chi connectivity index (χ0) is 20.9. The van der Waals surface area contributed by atoms with Crippen molar-refractivity contribution in [3.63, 3.8) is 0 Å². The summed E-state index contributed by atoms with van der Waals surface area (Å²) in [6.07, 6.45) is -3.71. The number of ether oxygens (including phenoxy) is 1. The van der Waals surface area contributed by atoms with Gasteiger partial charge in [0, 0.05) is 29.7 Å². The van der Waals surface area contributed by atoms with Crippen LogP contribution in [0.1, 0.15) is 16.8 Å². The molecular weight excluding hydrogens is 383 g/mol. The van der Waals surface area contributed by atoms with Gasteiger partial charge in [0.15, 0.2) is 6.61 Å². The molecule has 0 bridgehead atoms. The van der Waals surface area contributed by atoms with Crippen LogP contribution in [0.2, 0.25) is 0 Å². The van der Waals surface area contributed by atoms with E-state index < -0.39 is 12.8 Å². The Balaban J connectivity index is 1.46. The maximum atomic E-state index is 12.2. The summed E-state index contributed by atoms with van der Waals surface area (Å²) < 4.78 is 41.4. The number of carbonyl (C=O) groups is 1. The maximum Gasteiger partial charge on any atom is 0.422 e. The molecule has 0 saturated heterocycles. The van der Waals surface area contributed by atoms with Crippen LogP contribution in [-0.4, -0.2) is 30.3 Å². The van der Waals surface area contributed by atoms with Crippen LogP contribution in [0.3, 0.4) is 0 Å². The highest BCUT2D eigenvalue weighted by molar-refractivity contribution is 5.84. The van der Waals surface area contributed by atoms with Crippen LogP contribution in [0.15, 0.2) is 48.5 Å². The van der Waals surface area contributed by atoms with Crippen LogP contribution in [0.5, 0.6) is 5.75 Å². The summed E-state index contributed by atoms with van der Waals surface area (Å²) in [5.74, 6) is 0.108. The number of para-hydroxylation sites is 1. The number of nitrogens with one attached hydrogen (secondary N) is 3. The van der Waals surface area contributed by atoms with E-state index in [-0.39, 0.29) is 18.3 Å². The summed E-state index contributed by atoms with van der Waals surface area (Å²) in [5, 5.41) is 6.64. The summed E-state index contributed by atoms with van der Waals surface area (Å²) in [6.45, 7) is 1.30. The lowest BCUT2D eigenvalue weighted by molar-refractivity contribution is -0.153. The van der Waals surface area contributed by atoms with Crippen LogP contribution in [0.4, 0.5) is 18.0 Å². The molecule has 154 valence electrons. The first-order chi connectivity index (χ1) is 13.8. The minimum atomic E-state index is -4.39. The number of rotatable bonds is 7. The smallest absolute Gasteiger partial charge is 0.422 e. The highest BCUT2D eigenvalue weighted by Gasteiger charge is 2.28. The molecule has 0 aliphatic carbocycles. The monoisotopic (exact) mass is 405 g/mol. The largest absolute Gasteiger partial charge is 0.484 e. The van der Waals surface area contributed by atoms with Crippen LogP contribution in [0, 0.1) is 6.92 Å². The van der Waals surface area contributed by atoms with Gasteiger partial charge in [-0.25, -0.2) is 4.79 Å². The molecule has 0 spiro atoms. The average Bonchev–Trinajstić information content (AvgIpc) is 3.00. The van der Waals surface area contributed by atoms with Gasteiger partial charge in [-0.1, -0.05) is 30.3 Å². The van der Waals surface area contributed by atoms with Gasteiger partial charge in [-0.3, -0.25) is 0 Å². The first-order valence-corrected chi connectivity index (χ1v) is 9.18. The summed E-state index contributed by atoms with van der Waals surface area (Å²) in [5.41, 5.74) is 3.95. The number of hydrogen-bond acceptors (Lipinski definition) is 2. The summed E-state index contributed by atoms with van der Waals surface area (Å²) in [7, 11) is 0. The van der Waals surface area contributed by atoms with Crippen molar-refractivity contribution < 1.29 is 22.7 Å². The van der Waals surface area contributed by atoms with Gasteiger partial charge < -0.3 is 20.4 Å². The zero-order valence-corrected chi connectivity index (χ0v) is 15.9. The van der Waals surface area contributed by atoms with Crippen LogP contribution in [-0.2, 0) is 13.0 Å². The van der Waals surface area contributed by atoms with Crippen molar-refractivity contribution in [1.29, 1.82) is 0 Å². The highest BCUT2D eigenvalue weighted by Crippen LogP contribution is 2.22. The highest BCUT2D eigenvalue weighted by atomic mass is 19.4. The molecule has 2 amide bonds. The fourth-order valence-electron chi connectivity index (χ4n) is 3.11. The molecule has 0 radical (unpaired) electrons. The van der Waals surface area contributed by atoms with Crippen molar-refractivity contribution in [1.82, 2.24) is 15.6 Å². The average molecular weight is 405 g/mol. The van der Waals surface area contributed by atoms with Gasteiger partial charge in [-0.15, -0.1) is 0 Å². The predicted molar refractivity (Wildman–Crippen MR) is 105 cm³/mol. The number of H-pyrrole nitrogens is 1. The normalized spacial score (nSPS) is 11.4. The number of alkyl halides is 3. The molecule has 0 aliphatic heterocycles. The lowest BCUT2D eigenvalue weighted by atomic mass is 10.1. The zero-order valence-electron chi connectivity index (χ0n) is 15.9. The first kappa shape index (κ1) is 20.6. The molecule has 0 unspecified atom stereocenters. The molecule has 29 heavy (non-hydrogen) atoms. The van der Waals surface area contributed by atoms with Gasteiger partial charge in [0.2, 0.25) is 0 Å². The Hall–Kier alpha value is -3.16. The second kappa shape index (κ2) is 8.89. The molecule has 3 N–H and O–H groups in total. The number of aromatic amines is 1. The number of urea groups is 1.